The fraction of sp³-hybridized carbons (Fsp3) is 0.682. The molecule has 0 radical (unpaired) electrons. The SMILES string of the molecule is CN=C(NCC1CCS(=O)(=O)C1)NCC1(c2ccc(OC)c(OC)c2)CCCCC1. The summed E-state index contributed by atoms with van der Waals surface area (Å²) in [7, 11) is 2.22. The summed E-state index contributed by atoms with van der Waals surface area (Å²) in [5, 5.41) is 6.83. The normalized spacial score (nSPS) is 23.0. The Morgan fingerprint density at radius 1 is 1.13 bits per heavy atom. The van der Waals surface area contributed by atoms with Crippen LogP contribution in [0.2, 0.25) is 0 Å². The molecule has 1 heterocycles. The van der Waals surface area contributed by atoms with Crippen LogP contribution in [-0.2, 0) is 15.3 Å². The molecule has 0 aromatic heterocycles. The number of nitrogens with one attached hydrogen (secondary N) is 2. The summed E-state index contributed by atoms with van der Waals surface area (Å²) in [5.74, 6) is 2.95. The Morgan fingerprint density at radius 2 is 1.87 bits per heavy atom. The number of ether oxygens (including phenoxy) is 2. The van der Waals surface area contributed by atoms with Gasteiger partial charge in [-0.1, -0.05) is 25.3 Å². The number of guanidine groups is 1. The number of rotatable bonds is 7. The van der Waals surface area contributed by atoms with Gasteiger partial charge in [-0.2, -0.15) is 0 Å². The van der Waals surface area contributed by atoms with Crippen LogP contribution in [0.25, 0.3) is 0 Å². The first-order valence-electron chi connectivity index (χ1n) is 10.8. The molecule has 1 aliphatic carbocycles. The van der Waals surface area contributed by atoms with Gasteiger partial charge in [0.1, 0.15) is 0 Å². The summed E-state index contributed by atoms with van der Waals surface area (Å²) in [6.45, 7) is 1.40. The van der Waals surface area contributed by atoms with Gasteiger partial charge in [0.25, 0.3) is 0 Å². The molecular weight excluding hydrogens is 402 g/mol. The number of sulfone groups is 1. The largest absolute Gasteiger partial charge is 0.493 e. The summed E-state index contributed by atoms with van der Waals surface area (Å²) in [6, 6.07) is 6.23. The van der Waals surface area contributed by atoms with Crippen LogP contribution in [0.4, 0.5) is 0 Å². The number of hydrogen-bond donors (Lipinski definition) is 2. The van der Waals surface area contributed by atoms with E-state index in [1.807, 2.05) is 6.07 Å². The monoisotopic (exact) mass is 437 g/mol. The van der Waals surface area contributed by atoms with Gasteiger partial charge in [0.05, 0.1) is 25.7 Å². The summed E-state index contributed by atoms with van der Waals surface area (Å²) in [5.41, 5.74) is 1.26. The van der Waals surface area contributed by atoms with Gasteiger partial charge in [-0.25, -0.2) is 8.42 Å². The maximum Gasteiger partial charge on any atom is 0.191 e. The molecule has 1 atom stereocenters. The van der Waals surface area contributed by atoms with E-state index in [2.05, 4.69) is 27.8 Å². The third kappa shape index (κ3) is 5.39. The standard InChI is InChI=1S/C22H35N3O4S/c1-23-21(24-14-17-9-12-30(26,27)15-17)25-16-22(10-5-4-6-11-22)18-7-8-19(28-2)20(13-18)29-3/h7-8,13,17H,4-6,9-12,14-16H2,1-3H3,(H2,23,24,25). The molecular formula is C22H35N3O4S. The molecule has 0 amide bonds. The predicted molar refractivity (Wildman–Crippen MR) is 120 cm³/mol. The molecule has 1 saturated carbocycles. The van der Waals surface area contributed by atoms with E-state index < -0.39 is 9.84 Å². The molecule has 3 rings (SSSR count). The molecule has 8 heteroatoms. The molecule has 0 bridgehead atoms. The van der Waals surface area contributed by atoms with Crippen LogP contribution >= 0.6 is 0 Å². The molecule has 2 N–H and O–H groups in total. The fourth-order valence-electron chi connectivity index (χ4n) is 4.71. The Morgan fingerprint density at radius 3 is 2.47 bits per heavy atom. The number of methoxy groups -OCH3 is 2. The minimum Gasteiger partial charge on any atom is -0.493 e. The molecule has 0 spiro atoms. The predicted octanol–water partition coefficient (Wildman–Crippen LogP) is 2.51. The van der Waals surface area contributed by atoms with E-state index in [0.717, 1.165) is 43.3 Å². The van der Waals surface area contributed by atoms with Crippen LogP contribution in [0.1, 0.15) is 44.1 Å². The van der Waals surface area contributed by atoms with Crippen molar-refractivity contribution in [1.82, 2.24) is 10.6 Å². The van der Waals surface area contributed by atoms with Crippen molar-refractivity contribution >= 4 is 15.8 Å². The van der Waals surface area contributed by atoms with Gasteiger partial charge in [0.2, 0.25) is 0 Å². The molecule has 168 valence electrons. The van der Waals surface area contributed by atoms with E-state index in [9.17, 15) is 8.42 Å². The average Bonchev–Trinajstić information content (AvgIpc) is 3.12. The molecule has 1 aromatic carbocycles. The smallest absolute Gasteiger partial charge is 0.191 e. The number of aliphatic imine (C=N–C) groups is 1. The highest BCUT2D eigenvalue weighted by atomic mass is 32.2. The molecule has 2 aliphatic rings. The van der Waals surface area contributed by atoms with Crippen molar-refractivity contribution in [3.63, 3.8) is 0 Å². The minimum absolute atomic E-state index is 0.00607. The second kappa shape index (κ2) is 9.90. The Kier molecular flexibility index (Phi) is 7.50. The van der Waals surface area contributed by atoms with Crippen molar-refractivity contribution in [2.45, 2.75) is 43.9 Å². The quantitative estimate of drug-likeness (QED) is 0.503. The van der Waals surface area contributed by atoms with Gasteiger partial charge >= 0.3 is 0 Å². The van der Waals surface area contributed by atoms with Crippen molar-refractivity contribution in [3.8, 4) is 11.5 Å². The lowest BCUT2D eigenvalue weighted by atomic mass is 9.69. The van der Waals surface area contributed by atoms with Crippen LogP contribution in [0.3, 0.4) is 0 Å². The van der Waals surface area contributed by atoms with Gasteiger partial charge in [-0.15, -0.1) is 0 Å². The summed E-state index contributed by atoms with van der Waals surface area (Å²) in [6.07, 6.45) is 6.59. The van der Waals surface area contributed by atoms with Gasteiger partial charge in [-0.05, 0) is 42.9 Å². The zero-order valence-corrected chi connectivity index (χ0v) is 19.2. The number of hydrogen-bond acceptors (Lipinski definition) is 5. The van der Waals surface area contributed by atoms with Crippen molar-refractivity contribution in [2.75, 3.05) is 45.9 Å². The van der Waals surface area contributed by atoms with Crippen molar-refractivity contribution in [2.24, 2.45) is 10.9 Å². The highest BCUT2D eigenvalue weighted by Crippen LogP contribution is 2.42. The number of benzene rings is 1. The van der Waals surface area contributed by atoms with E-state index in [4.69, 9.17) is 9.47 Å². The maximum atomic E-state index is 11.7. The Balaban J connectivity index is 1.68. The highest BCUT2D eigenvalue weighted by molar-refractivity contribution is 7.91. The topological polar surface area (TPSA) is 89.0 Å². The van der Waals surface area contributed by atoms with Crippen molar-refractivity contribution < 1.29 is 17.9 Å². The van der Waals surface area contributed by atoms with Gasteiger partial charge in [0, 0.05) is 25.6 Å². The first-order valence-corrected chi connectivity index (χ1v) is 12.6. The van der Waals surface area contributed by atoms with E-state index in [-0.39, 0.29) is 17.1 Å². The van der Waals surface area contributed by atoms with E-state index in [1.165, 1.54) is 24.8 Å². The summed E-state index contributed by atoms with van der Waals surface area (Å²) < 4.78 is 34.3. The zero-order valence-electron chi connectivity index (χ0n) is 18.4. The molecule has 1 saturated heterocycles. The maximum absolute atomic E-state index is 11.7. The first kappa shape index (κ1) is 22.7. The lowest BCUT2D eigenvalue weighted by Crippen LogP contribution is -2.47. The second-order valence-corrected chi connectivity index (χ2v) is 10.7. The molecule has 1 aromatic rings. The van der Waals surface area contributed by atoms with Crippen LogP contribution in [0, 0.1) is 5.92 Å². The van der Waals surface area contributed by atoms with E-state index >= 15 is 0 Å². The second-order valence-electron chi connectivity index (χ2n) is 8.49. The van der Waals surface area contributed by atoms with E-state index in [0.29, 0.717) is 12.3 Å². The molecule has 1 aliphatic heterocycles. The average molecular weight is 438 g/mol. The highest BCUT2D eigenvalue weighted by Gasteiger charge is 2.35. The minimum atomic E-state index is -2.86. The van der Waals surface area contributed by atoms with Crippen LogP contribution in [-0.4, -0.2) is 60.2 Å². The van der Waals surface area contributed by atoms with Crippen LogP contribution in [0.5, 0.6) is 11.5 Å². The molecule has 30 heavy (non-hydrogen) atoms. The number of nitrogens with zero attached hydrogens (tertiary/aromatic N) is 1. The Hall–Kier alpha value is -1.96. The Labute approximate surface area is 180 Å². The summed E-state index contributed by atoms with van der Waals surface area (Å²) >= 11 is 0. The van der Waals surface area contributed by atoms with E-state index in [1.54, 1.807) is 21.3 Å². The fourth-order valence-corrected chi connectivity index (χ4v) is 6.57. The Bertz CT molecular complexity index is 848. The third-order valence-corrected chi connectivity index (χ3v) is 8.35. The van der Waals surface area contributed by atoms with Crippen LogP contribution < -0.4 is 20.1 Å². The van der Waals surface area contributed by atoms with Gasteiger partial charge in [0.15, 0.2) is 27.3 Å². The zero-order chi connectivity index (χ0) is 21.6. The lowest BCUT2D eigenvalue weighted by Gasteiger charge is -2.38. The van der Waals surface area contributed by atoms with Crippen molar-refractivity contribution in [3.05, 3.63) is 23.8 Å². The van der Waals surface area contributed by atoms with Crippen LogP contribution in [0.15, 0.2) is 23.2 Å². The lowest BCUT2D eigenvalue weighted by molar-refractivity contribution is 0.288. The van der Waals surface area contributed by atoms with Crippen molar-refractivity contribution in [1.29, 1.82) is 0 Å². The summed E-state index contributed by atoms with van der Waals surface area (Å²) in [4.78, 5) is 4.36. The molecule has 7 nitrogen and oxygen atoms in total. The van der Waals surface area contributed by atoms with Gasteiger partial charge in [-0.3, -0.25) is 4.99 Å². The van der Waals surface area contributed by atoms with Gasteiger partial charge < -0.3 is 20.1 Å². The first-order chi connectivity index (χ1) is 14.4. The molecule has 2 fully saturated rings. The third-order valence-electron chi connectivity index (χ3n) is 6.51. The molecule has 1 unspecified atom stereocenters.